The Morgan fingerprint density at radius 2 is 2.13 bits per heavy atom. The van der Waals surface area contributed by atoms with Gasteiger partial charge in [0.05, 0.1) is 12.6 Å². The van der Waals surface area contributed by atoms with Crippen LogP contribution in [-0.4, -0.2) is 41.1 Å². The molecule has 0 rings (SSSR count). The lowest BCUT2D eigenvalue weighted by Crippen LogP contribution is -2.45. The molecule has 0 aliphatic rings. The largest absolute Gasteiger partial charge is 0.480 e. The quantitative estimate of drug-likeness (QED) is 0.625. The molecule has 0 aliphatic heterocycles. The highest BCUT2D eigenvalue weighted by Gasteiger charge is 2.16. The van der Waals surface area contributed by atoms with Crippen LogP contribution in [0, 0.1) is 24.7 Å². The van der Waals surface area contributed by atoms with Crippen LogP contribution in [0.15, 0.2) is 0 Å². The molecule has 0 heterocycles. The molecule has 1 unspecified atom stereocenters. The second-order valence-electron chi connectivity index (χ2n) is 2.79. The van der Waals surface area contributed by atoms with Crippen LogP contribution >= 0.6 is 0 Å². The summed E-state index contributed by atoms with van der Waals surface area (Å²) >= 11 is 0. The van der Waals surface area contributed by atoms with Gasteiger partial charge in [-0.15, -0.1) is 12.8 Å². The maximum Gasteiger partial charge on any atom is 0.323 e. The number of terminal acetylenes is 2. The molecule has 0 spiro atoms. The fourth-order valence-corrected chi connectivity index (χ4v) is 0.791. The molecule has 15 heavy (non-hydrogen) atoms. The van der Waals surface area contributed by atoms with Gasteiger partial charge in [-0.1, -0.05) is 11.8 Å². The van der Waals surface area contributed by atoms with Gasteiger partial charge in [0.15, 0.2) is 0 Å². The van der Waals surface area contributed by atoms with Crippen molar-refractivity contribution >= 4 is 12.0 Å². The zero-order chi connectivity index (χ0) is 11.8. The standard InChI is InChI=1S/C10H12N2O3/c1-4-6-12(7-9(13)14)10(15)11-8(3)5-2/h1-2,8H,6-7H2,3H3,(H,11,15)(H,13,14). The summed E-state index contributed by atoms with van der Waals surface area (Å²) in [6.45, 7) is 1.08. The Hall–Kier alpha value is -2.14. The average molecular weight is 208 g/mol. The van der Waals surface area contributed by atoms with Crippen LogP contribution < -0.4 is 5.32 Å². The molecule has 80 valence electrons. The average Bonchev–Trinajstić information content (AvgIpc) is 2.16. The summed E-state index contributed by atoms with van der Waals surface area (Å²) in [6.07, 6.45) is 10.1. The van der Waals surface area contributed by atoms with Gasteiger partial charge in [-0.05, 0) is 6.92 Å². The maximum absolute atomic E-state index is 11.4. The number of rotatable bonds is 4. The van der Waals surface area contributed by atoms with Crippen LogP contribution in [0.4, 0.5) is 4.79 Å². The van der Waals surface area contributed by atoms with Crippen molar-refractivity contribution in [2.24, 2.45) is 0 Å². The summed E-state index contributed by atoms with van der Waals surface area (Å²) in [4.78, 5) is 22.8. The molecule has 0 saturated carbocycles. The van der Waals surface area contributed by atoms with E-state index in [2.05, 4.69) is 17.2 Å². The summed E-state index contributed by atoms with van der Waals surface area (Å²) in [5.74, 6) is 3.35. The number of nitrogens with one attached hydrogen (secondary N) is 1. The van der Waals surface area contributed by atoms with Gasteiger partial charge in [0, 0.05) is 0 Å². The Balaban J connectivity index is 4.37. The van der Waals surface area contributed by atoms with Gasteiger partial charge in [0.1, 0.15) is 6.54 Å². The Morgan fingerprint density at radius 3 is 2.53 bits per heavy atom. The summed E-state index contributed by atoms with van der Waals surface area (Å²) < 4.78 is 0. The first-order valence-corrected chi connectivity index (χ1v) is 4.18. The fourth-order valence-electron chi connectivity index (χ4n) is 0.791. The van der Waals surface area contributed by atoms with Gasteiger partial charge in [0.2, 0.25) is 0 Å². The van der Waals surface area contributed by atoms with E-state index in [-0.39, 0.29) is 6.54 Å². The number of aliphatic carboxylic acids is 1. The third-order valence-corrected chi connectivity index (χ3v) is 1.49. The highest BCUT2D eigenvalue weighted by molar-refractivity contribution is 5.80. The zero-order valence-corrected chi connectivity index (χ0v) is 8.36. The Morgan fingerprint density at radius 1 is 1.53 bits per heavy atom. The monoisotopic (exact) mass is 208 g/mol. The van der Waals surface area contributed by atoms with Crippen molar-refractivity contribution in [3.8, 4) is 24.7 Å². The molecule has 0 bridgehead atoms. The second-order valence-corrected chi connectivity index (χ2v) is 2.79. The topological polar surface area (TPSA) is 69.6 Å². The number of amides is 2. The first-order chi connectivity index (χ1) is 7.01. The molecule has 0 aromatic rings. The number of carboxylic acids is 1. The number of carbonyl (C=O) groups excluding carboxylic acids is 1. The smallest absolute Gasteiger partial charge is 0.323 e. The zero-order valence-electron chi connectivity index (χ0n) is 8.36. The minimum Gasteiger partial charge on any atom is -0.480 e. The second kappa shape index (κ2) is 6.33. The van der Waals surface area contributed by atoms with Crippen LogP contribution in [0.3, 0.4) is 0 Å². The van der Waals surface area contributed by atoms with E-state index in [0.717, 1.165) is 4.90 Å². The Labute approximate surface area is 88.4 Å². The van der Waals surface area contributed by atoms with Crippen molar-refractivity contribution in [3.63, 3.8) is 0 Å². The first-order valence-electron chi connectivity index (χ1n) is 4.18. The summed E-state index contributed by atoms with van der Waals surface area (Å²) in [5, 5.41) is 10.9. The van der Waals surface area contributed by atoms with Gasteiger partial charge in [-0.25, -0.2) is 4.79 Å². The van der Waals surface area contributed by atoms with E-state index in [4.69, 9.17) is 18.0 Å². The molecule has 5 nitrogen and oxygen atoms in total. The van der Waals surface area contributed by atoms with E-state index in [0.29, 0.717) is 0 Å². The molecule has 5 heteroatoms. The van der Waals surface area contributed by atoms with E-state index in [1.165, 1.54) is 0 Å². The van der Waals surface area contributed by atoms with Crippen LogP contribution in [0.2, 0.25) is 0 Å². The molecule has 1 atom stereocenters. The van der Waals surface area contributed by atoms with Crippen LogP contribution in [-0.2, 0) is 4.79 Å². The van der Waals surface area contributed by atoms with Crippen molar-refractivity contribution in [2.75, 3.05) is 13.1 Å². The molecule has 0 radical (unpaired) electrons. The Bertz CT molecular complexity index is 325. The van der Waals surface area contributed by atoms with Gasteiger partial charge < -0.3 is 15.3 Å². The molecular formula is C10H12N2O3. The van der Waals surface area contributed by atoms with Crippen molar-refractivity contribution in [1.29, 1.82) is 0 Å². The van der Waals surface area contributed by atoms with Crippen molar-refractivity contribution in [1.82, 2.24) is 10.2 Å². The van der Waals surface area contributed by atoms with E-state index >= 15 is 0 Å². The van der Waals surface area contributed by atoms with E-state index in [1.54, 1.807) is 6.92 Å². The summed E-state index contributed by atoms with van der Waals surface area (Å²) in [6, 6.07) is -1.05. The van der Waals surface area contributed by atoms with E-state index in [1.807, 2.05) is 0 Å². The lowest BCUT2D eigenvalue weighted by molar-refractivity contribution is -0.137. The third-order valence-electron chi connectivity index (χ3n) is 1.49. The highest BCUT2D eigenvalue weighted by Crippen LogP contribution is 1.90. The van der Waals surface area contributed by atoms with Crippen LogP contribution in [0.25, 0.3) is 0 Å². The van der Waals surface area contributed by atoms with Gasteiger partial charge in [-0.2, -0.15) is 0 Å². The van der Waals surface area contributed by atoms with E-state index < -0.39 is 24.6 Å². The maximum atomic E-state index is 11.4. The van der Waals surface area contributed by atoms with Gasteiger partial charge in [-0.3, -0.25) is 4.79 Å². The van der Waals surface area contributed by atoms with Crippen molar-refractivity contribution < 1.29 is 14.7 Å². The molecule has 0 aromatic carbocycles. The molecule has 2 N–H and O–H groups in total. The molecule has 0 saturated heterocycles. The van der Waals surface area contributed by atoms with Crippen molar-refractivity contribution in [2.45, 2.75) is 13.0 Å². The molecule has 0 aromatic heterocycles. The third kappa shape index (κ3) is 5.22. The number of hydrogen-bond acceptors (Lipinski definition) is 2. The molecule has 0 aliphatic carbocycles. The summed E-state index contributed by atoms with van der Waals surface area (Å²) in [5.41, 5.74) is 0. The molecular weight excluding hydrogens is 196 g/mol. The number of hydrogen-bond donors (Lipinski definition) is 2. The lowest BCUT2D eigenvalue weighted by atomic mass is 10.3. The van der Waals surface area contributed by atoms with Gasteiger partial charge >= 0.3 is 12.0 Å². The molecule has 0 fully saturated rings. The highest BCUT2D eigenvalue weighted by atomic mass is 16.4. The lowest BCUT2D eigenvalue weighted by Gasteiger charge is -2.19. The normalized spacial score (nSPS) is 10.6. The predicted octanol–water partition coefficient (Wildman–Crippen LogP) is -0.262. The SMILES string of the molecule is C#CCN(CC(=O)O)C(=O)NC(C)C#C. The first kappa shape index (κ1) is 12.9. The minimum absolute atomic E-state index is 0.0740. The number of carbonyl (C=O) groups is 2. The number of carboxylic acid groups (broad SMARTS) is 1. The van der Waals surface area contributed by atoms with E-state index in [9.17, 15) is 9.59 Å². The molecule has 2 amide bonds. The van der Waals surface area contributed by atoms with Crippen LogP contribution in [0.5, 0.6) is 0 Å². The van der Waals surface area contributed by atoms with Gasteiger partial charge in [0.25, 0.3) is 0 Å². The number of nitrogens with zero attached hydrogens (tertiary/aromatic N) is 1. The van der Waals surface area contributed by atoms with Crippen LogP contribution in [0.1, 0.15) is 6.92 Å². The minimum atomic E-state index is -1.13. The summed E-state index contributed by atoms with van der Waals surface area (Å²) in [7, 11) is 0. The fraction of sp³-hybridized carbons (Fsp3) is 0.400. The Kier molecular flexibility index (Phi) is 5.43. The number of urea groups is 1. The van der Waals surface area contributed by atoms with Crippen molar-refractivity contribution in [3.05, 3.63) is 0 Å². The predicted molar refractivity (Wildman–Crippen MR) is 54.9 cm³/mol.